The lowest BCUT2D eigenvalue weighted by molar-refractivity contribution is 0.0974. The zero-order valence-electron chi connectivity index (χ0n) is 25.3. The maximum absolute atomic E-state index is 13.1. The number of carbonyl (C=O) groups excluding carboxylic acids is 2. The van der Waals surface area contributed by atoms with Crippen LogP contribution in [0.5, 0.6) is 0 Å². The predicted octanol–water partition coefficient (Wildman–Crippen LogP) is 6.61. The summed E-state index contributed by atoms with van der Waals surface area (Å²) in [5.41, 5.74) is 8.42. The van der Waals surface area contributed by atoms with Gasteiger partial charge in [0.25, 0.3) is 0 Å². The number of piperidine rings is 1. The molecule has 42 heavy (non-hydrogen) atoms. The number of amides is 2. The molecule has 5 rings (SSSR count). The Kier molecular flexibility index (Phi) is 10.4. The molecule has 1 fully saturated rings. The van der Waals surface area contributed by atoms with E-state index in [0.29, 0.717) is 12.3 Å². The van der Waals surface area contributed by atoms with Gasteiger partial charge in [0.05, 0.1) is 0 Å². The molecule has 2 aliphatic heterocycles. The Morgan fingerprint density at radius 3 is 2.24 bits per heavy atom. The van der Waals surface area contributed by atoms with Crippen LogP contribution in [0, 0.1) is 12.8 Å². The Morgan fingerprint density at radius 2 is 1.48 bits per heavy atom. The Morgan fingerprint density at radius 1 is 0.810 bits per heavy atom. The molecule has 0 radical (unpaired) electrons. The molecular formula is C36H46N4O2. The van der Waals surface area contributed by atoms with E-state index in [4.69, 9.17) is 0 Å². The first-order valence-corrected chi connectivity index (χ1v) is 15.7. The number of likely N-dealkylation sites (tertiary alicyclic amines) is 1. The molecule has 0 aliphatic carbocycles. The summed E-state index contributed by atoms with van der Waals surface area (Å²) >= 11 is 0. The molecule has 0 spiro atoms. The molecule has 222 valence electrons. The highest BCUT2D eigenvalue weighted by molar-refractivity contribution is 5.96. The van der Waals surface area contributed by atoms with Gasteiger partial charge in [0.1, 0.15) is 0 Å². The second-order valence-corrected chi connectivity index (χ2v) is 12.1. The average Bonchev–Trinajstić information content (AvgIpc) is 3.21. The zero-order chi connectivity index (χ0) is 29.3. The van der Waals surface area contributed by atoms with E-state index in [0.717, 1.165) is 94.6 Å². The summed E-state index contributed by atoms with van der Waals surface area (Å²) in [6, 6.07) is 23.0. The summed E-state index contributed by atoms with van der Waals surface area (Å²) < 4.78 is 0. The van der Waals surface area contributed by atoms with E-state index in [2.05, 4.69) is 75.9 Å². The van der Waals surface area contributed by atoms with E-state index >= 15 is 0 Å². The maximum Gasteiger partial charge on any atom is 0.318 e. The molecule has 0 saturated carbocycles. The number of para-hydroxylation sites is 1. The Bertz CT molecular complexity index is 1360. The molecule has 2 amide bonds. The molecule has 0 atom stereocenters. The molecule has 0 aromatic heterocycles. The van der Waals surface area contributed by atoms with Gasteiger partial charge in [-0.15, -0.1) is 0 Å². The number of nitrogens with one attached hydrogen (secondary N) is 2. The Balaban J connectivity index is 1.05. The first kappa shape index (κ1) is 30.0. The van der Waals surface area contributed by atoms with Crippen LogP contribution in [-0.4, -0.2) is 54.8 Å². The fraction of sp³-hybridized carbons (Fsp3) is 0.444. The fourth-order valence-corrected chi connectivity index (χ4v) is 6.47. The number of aryl methyl sites for hydroxylation is 1. The molecule has 3 aromatic rings. The van der Waals surface area contributed by atoms with Gasteiger partial charge in [-0.3, -0.25) is 14.6 Å². The molecule has 0 unspecified atom stereocenters. The number of fused-ring (bicyclic) bond motifs is 1. The van der Waals surface area contributed by atoms with Crippen LogP contribution in [0.2, 0.25) is 0 Å². The van der Waals surface area contributed by atoms with Crippen LogP contribution in [0.25, 0.3) is 0 Å². The van der Waals surface area contributed by atoms with Crippen LogP contribution in [0.15, 0.2) is 66.7 Å². The van der Waals surface area contributed by atoms with Crippen molar-refractivity contribution in [2.45, 2.75) is 65.0 Å². The molecular weight excluding hydrogens is 520 g/mol. The number of hydrogen-bond donors (Lipinski definition) is 2. The first-order chi connectivity index (χ1) is 20.5. The van der Waals surface area contributed by atoms with Crippen LogP contribution >= 0.6 is 0 Å². The van der Waals surface area contributed by atoms with Crippen molar-refractivity contribution in [2.24, 2.45) is 5.92 Å². The topological polar surface area (TPSA) is 64.7 Å². The highest BCUT2D eigenvalue weighted by Gasteiger charge is 2.21. The van der Waals surface area contributed by atoms with Crippen molar-refractivity contribution < 1.29 is 9.59 Å². The number of urea groups is 1. The number of anilines is 1. The van der Waals surface area contributed by atoms with Gasteiger partial charge in [0, 0.05) is 50.9 Å². The minimum atomic E-state index is -0.192. The SMILES string of the molecule is CNC(=O)Nc1ccccc1CN1CCC(CCCC(=O)c2ccc3c(c2)CCN(Cc2ccccc2C)CC3)CC1. The lowest BCUT2D eigenvalue weighted by Gasteiger charge is -2.32. The zero-order valence-corrected chi connectivity index (χ0v) is 25.3. The minimum Gasteiger partial charge on any atom is -0.341 e. The highest BCUT2D eigenvalue weighted by Crippen LogP contribution is 2.27. The van der Waals surface area contributed by atoms with Gasteiger partial charge in [-0.1, -0.05) is 54.6 Å². The lowest BCUT2D eigenvalue weighted by Crippen LogP contribution is -2.33. The van der Waals surface area contributed by atoms with Gasteiger partial charge in [-0.2, -0.15) is 0 Å². The normalized spacial score (nSPS) is 16.4. The second kappa shape index (κ2) is 14.6. The number of Topliss-reactive ketones (excluding diaryl/α,β-unsaturated/α-hetero) is 1. The molecule has 3 aromatic carbocycles. The highest BCUT2D eigenvalue weighted by atomic mass is 16.2. The molecule has 2 aliphatic rings. The summed E-state index contributed by atoms with van der Waals surface area (Å²) in [5.74, 6) is 0.969. The van der Waals surface area contributed by atoms with Crippen molar-refractivity contribution in [2.75, 3.05) is 38.5 Å². The van der Waals surface area contributed by atoms with Crippen LogP contribution in [0.1, 0.15) is 70.3 Å². The number of nitrogens with zero attached hydrogens (tertiary/aromatic N) is 2. The van der Waals surface area contributed by atoms with E-state index in [9.17, 15) is 9.59 Å². The second-order valence-electron chi connectivity index (χ2n) is 12.1. The average molecular weight is 567 g/mol. The third-order valence-electron chi connectivity index (χ3n) is 9.19. The maximum atomic E-state index is 13.1. The van der Waals surface area contributed by atoms with E-state index in [1.807, 2.05) is 18.2 Å². The number of benzene rings is 3. The van der Waals surface area contributed by atoms with Crippen LogP contribution < -0.4 is 10.6 Å². The van der Waals surface area contributed by atoms with Gasteiger partial charge in [-0.05, 0) is 104 Å². The number of ketones is 1. The van der Waals surface area contributed by atoms with E-state index < -0.39 is 0 Å². The molecule has 0 bridgehead atoms. The van der Waals surface area contributed by atoms with Crippen LogP contribution in [0.3, 0.4) is 0 Å². The molecule has 2 N–H and O–H groups in total. The number of hydrogen-bond acceptors (Lipinski definition) is 4. The van der Waals surface area contributed by atoms with Crippen molar-refractivity contribution in [1.82, 2.24) is 15.1 Å². The standard InChI is InChI=1S/C36H46N4O2/c1-27-8-3-4-10-32(27)25-40-22-18-29-14-15-31(24-30(29)19-23-40)35(41)13-7-9-28-16-20-39(21-17-28)26-33-11-5-6-12-34(33)38-36(42)37-2/h3-6,8,10-12,14-15,24,28H,7,9,13,16-23,25-26H2,1-2H3,(H2,37,38,42). The van der Waals surface area contributed by atoms with Crippen molar-refractivity contribution in [1.29, 1.82) is 0 Å². The largest absolute Gasteiger partial charge is 0.341 e. The smallest absolute Gasteiger partial charge is 0.318 e. The predicted molar refractivity (Wildman–Crippen MR) is 171 cm³/mol. The van der Waals surface area contributed by atoms with Crippen molar-refractivity contribution in [3.8, 4) is 0 Å². The molecule has 2 heterocycles. The first-order valence-electron chi connectivity index (χ1n) is 15.7. The minimum absolute atomic E-state index is 0.192. The summed E-state index contributed by atoms with van der Waals surface area (Å²) in [6.45, 7) is 8.23. The number of rotatable bonds is 10. The van der Waals surface area contributed by atoms with Crippen LogP contribution in [0.4, 0.5) is 10.5 Å². The van der Waals surface area contributed by atoms with Gasteiger partial charge in [-0.25, -0.2) is 4.79 Å². The third kappa shape index (κ3) is 8.08. The van der Waals surface area contributed by atoms with E-state index in [1.54, 1.807) is 7.05 Å². The van der Waals surface area contributed by atoms with Crippen molar-refractivity contribution in [3.63, 3.8) is 0 Å². The number of carbonyl (C=O) groups is 2. The van der Waals surface area contributed by atoms with Crippen molar-refractivity contribution >= 4 is 17.5 Å². The summed E-state index contributed by atoms with van der Waals surface area (Å²) in [4.78, 5) is 30.0. The van der Waals surface area contributed by atoms with Crippen LogP contribution in [-0.2, 0) is 25.9 Å². The summed E-state index contributed by atoms with van der Waals surface area (Å²) in [7, 11) is 1.63. The Hall–Kier alpha value is -3.48. The van der Waals surface area contributed by atoms with E-state index in [1.165, 1.54) is 22.3 Å². The van der Waals surface area contributed by atoms with Crippen molar-refractivity contribution in [3.05, 3.63) is 100 Å². The fourth-order valence-electron chi connectivity index (χ4n) is 6.47. The summed E-state index contributed by atoms with van der Waals surface area (Å²) in [5, 5.41) is 5.56. The van der Waals surface area contributed by atoms with Gasteiger partial charge < -0.3 is 10.6 Å². The van der Waals surface area contributed by atoms with Gasteiger partial charge >= 0.3 is 6.03 Å². The van der Waals surface area contributed by atoms with Gasteiger partial charge in [0.15, 0.2) is 5.78 Å². The van der Waals surface area contributed by atoms with E-state index in [-0.39, 0.29) is 11.8 Å². The third-order valence-corrected chi connectivity index (χ3v) is 9.19. The molecule has 6 nitrogen and oxygen atoms in total. The molecule has 6 heteroatoms. The quantitative estimate of drug-likeness (QED) is 0.271. The molecule has 1 saturated heterocycles. The lowest BCUT2D eigenvalue weighted by atomic mass is 9.90. The summed E-state index contributed by atoms with van der Waals surface area (Å²) in [6.07, 6.45) is 7.10. The Labute approximate surface area is 251 Å². The monoisotopic (exact) mass is 566 g/mol. The van der Waals surface area contributed by atoms with Gasteiger partial charge in [0.2, 0.25) is 0 Å².